The summed E-state index contributed by atoms with van der Waals surface area (Å²) in [6.07, 6.45) is 0. The van der Waals surface area contributed by atoms with Crippen LogP contribution in [0.4, 0.5) is 0 Å². The predicted molar refractivity (Wildman–Crippen MR) is 41.7 cm³/mol. The van der Waals surface area contributed by atoms with Gasteiger partial charge in [0.2, 0.25) is 5.16 Å². The first-order chi connectivity index (χ1) is 5.74. The molecule has 66 valence electrons. The van der Waals surface area contributed by atoms with E-state index in [2.05, 4.69) is 32.9 Å². The zero-order chi connectivity index (χ0) is 8.97. The summed E-state index contributed by atoms with van der Waals surface area (Å²) in [6, 6.07) is 0. The molecule has 0 bridgehead atoms. The molecule has 0 amide bonds. The Balaban J connectivity index is 2.52. The maximum Gasteiger partial charge on any atom is 0.327 e. The number of carbonyl (C=O) groups excluding carboxylic acids is 1. The van der Waals surface area contributed by atoms with Crippen molar-refractivity contribution in [2.75, 3.05) is 6.61 Å². The van der Waals surface area contributed by atoms with Crippen LogP contribution in [-0.2, 0) is 16.1 Å². The van der Waals surface area contributed by atoms with E-state index in [1.54, 1.807) is 6.92 Å². The molecule has 6 nitrogen and oxygen atoms in total. The van der Waals surface area contributed by atoms with Crippen molar-refractivity contribution < 1.29 is 9.53 Å². The summed E-state index contributed by atoms with van der Waals surface area (Å²) in [4.78, 5) is 10.9. The number of hydrogen-bond acceptors (Lipinski definition) is 6. The fraction of sp³-hybridized carbons (Fsp3) is 0.600. The van der Waals surface area contributed by atoms with Gasteiger partial charge in [0, 0.05) is 0 Å². The maximum atomic E-state index is 10.9. The van der Waals surface area contributed by atoms with Crippen LogP contribution in [0.1, 0.15) is 6.92 Å². The zero-order valence-corrected chi connectivity index (χ0v) is 7.36. The molecule has 1 heterocycles. The number of esters is 1. The lowest BCUT2D eigenvalue weighted by atomic mass is 10.6. The lowest BCUT2D eigenvalue weighted by Crippen LogP contribution is -2.14. The minimum absolute atomic E-state index is 0.000324. The molecule has 0 aliphatic carbocycles. The summed E-state index contributed by atoms with van der Waals surface area (Å²) < 4.78 is 5.93. The summed E-state index contributed by atoms with van der Waals surface area (Å²) >= 11 is 3.91. The molecule has 1 aromatic heterocycles. The summed E-state index contributed by atoms with van der Waals surface area (Å²) in [5, 5.41) is 10.6. The SMILES string of the molecule is CCOC(=O)Cn1nnnc1S. The molecule has 0 spiro atoms. The van der Waals surface area contributed by atoms with E-state index < -0.39 is 0 Å². The Bertz CT molecular complexity index is 274. The van der Waals surface area contributed by atoms with Gasteiger partial charge >= 0.3 is 5.97 Å². The second-order valence-electron chi connectivity index (χ2n) is 1.94. The highest BCUT2D eigenvalue weighted by Crippen LogP contribution is 1.96. The number of nitrogens with zero attached hydrogens (tertiary/aromatic N) is 4. The largest absolute Gasteiger partial charge is 0.465 e. The van der Waals surface area contributed by atoms with E-state index in [1.165, 1.54) is 4.68 Å². The summed E-state index contributed by atoms with van der Waals surface area (Å²) in [5.41, 5.74) is 0. The van der Waals surface area contributed by atoms with Crippen LogP contribution >= 0.6 is 12.6 Å². The van der Waals surface area contributed by atoms with E-state index in [9.17, 15) is 4.79 Å². The van der Waals surface area contributed by atoms with Crippen LogP contribution in [-0.4, -0.2) is 32.8 Å². The molecule has 0 saturated heterocycles. The van der Waals surface area contributed by atoms with Crippen LogP contribution in [0.3, 0.4) is 0 Å². The fourth-order valence-corrected chi connectivity index (χ4v) is 0.782. The van der Waals surface area contributed by atoms with E-state index in [-0.39, 0.29) is 12.5 Å². The molecule has 7 heteroatoms. The molecule has 0 radical (unpaired) electrons. The van der Waals surface area contributed by atoms with Gasteiger partial charge in [-0.1, -0.05) is 0 Å². The number of hydrogen-bond donors (Lipinski definition) is 1. The van der Waals surface area contributed by atoms with Crippen molar-refractivity contribution in [3.8, 4) is 0 Å². The van der Waals surface area contributed by atoms with Gasteiger partial charge in [-0.2, -0.15) is 0 Å². The number of ether oxygens (including phenoxy) is 1. The smallest absolute Gasteiger partial charge is 0.327 e. The van der Waals surface area contributed by atoms with E-state index in [0.717, 1.165) is 0 Å². The van der Waals surface area contributed by atoms with Crippen molar-refractivity contribution in [1.82, 2.24) is 20.2 Å². The molecule has 1 rings (SSSR count). The van der Waals surface area contributed by atoms with Crippen LogP contribution < -0.4 is 0 Å². The second kappa shape index (κ2) is 4.05. The standard InChI is InChI=1S/C5H8N4O2S/c1-2-11-4(10)3-9-5(12)6-7-8-9/h2-3H2,1H3,(H,6,8,12). The Kier molecular flexibility index (Phi) is 3.03. The molecule has 0 unspecified atom stereocenters. The van der Waals surface area contributed by atoms with Gasteiger partial charge in [0.1, 0.15) is 6.54 Å². The maximum absolute atomic E-state index is 10.9. The molecule has 0 aromatic carbocycles. The molecular weight excluding hydrogens is 180 g/mol. The van der Waals surface area contributed by atoms with Crippen molar-refractivity contribution in [3.05, 3.63) is 0 Å². The van der Waals surface area contributed by atoms with Crippen LogP contribution in [0, 0.1) is 0 Å². The van der Waals surface area contributed by atoms with Gasteiger partial charge in [0.05, 0.1) is 6.61 Å². The van der Waals surface area contributed by atoms with Crippen LogP contribution in [0.2, 0.25) is 0 Å². The molecule has 0 aliphatic heterocycles. The van der Waals surface area contributed by atoms with Crippen molar-refractivity contribution in [3.63, 3.8) is 0 Å². The highest BCUT2D eigenvalue weighted by atomic mass is 32.1. The Hall–Kier alpha value is -1.11. The molecular formula is C5H8N4O2S. The van der Waals surface area contributed by atoms with Gasteiger partial charge < -0.3 is 4.74 Å². The van der Waals surface area contributed by atoms with Gasteiger partial charge in [-0.15, -0.1) is 17.7 Å². The Labute approximate surface area is 74.3 Å². The monoisotopic (exact) mass is 188 g/mol. The first-order valence-corrected chi connectivity index (χ1v) is 3.79. The third-order valence-corrected chi connectivity index (χ3v) is 1.42. The van der Waals surface area contributed by atoms with E-state index in [0.29, 0.717) is 11.8 Å². The third kappa shape index (κ3) is 2.19. The van der Waals surface area contributed by atoms with Crippen LogP contribution in [0.25, 0.3) is 0 Å². The summed E-state index contributed by atoms with van der Waals surface area (Å²) in [5.74, 6) is -0.375. The number of rotatable bonds is 3. The lowest BCUT2D eigenvalue weighted by Gasteiger charge is -2.00. The molecule has 0 saturated carbocycles. The quantitative estimate of drug-likeness (QED) is 0.512. The van der Waals surface area contributed by atoms with Crippen LogP contribution in [0.5, 0.6) is 0 Å². The first-order valence-electron chi connectivity index (χ1n) is 3.34. The topological polar surface area (TPSA) is 69.9 Å². The first kappa shape index (κ1) is 8.98. The molecule has 0 N–H and O–H groups in total. The minimum atomic E-state index is -0.375. The molecule has 0 aliphatic rings. The number of tetrazole rings is 1. The second-order valence-corrected chi connectivity index (χ2v) is 2.34. The molecule has 1 aromatic rings. The minimum Gasteiger partial charge on any atom is -0.465 e. The van der Waals surface area contributed by atoms with E-state index in [4.69, 9.17) is 0 Å². The van der Waals surface area contributed by atoms with Gasteiger partial charge in [0.15, 0.2) is 0 Å². The van der Waals surface area contributed by atoms with Crippen molar-refractivity contribution in [2.45, 2.75) is 18.6 Å². The van der Waals surface area contributed by atoms with Crippen molar-refractivity contribution in [1.29, 1.82) is 0 Å². The Morgan fingerprint density at radius 1 is 1.75 bits per heavy atom. The van der Waals surface area contributed by atoms with Crippen molar-refractivity contribution >= 4 is 18.6 Å². The van der Waals surface area contributed by atoms with Gasteiger partial charge in [0.25, 0.3) is 0 Å². The van der Waals surface area contributed by atoms with Gasteiger partial charge in [-0.25, -0.2) is 4.68 Å². The number of aromatic nitrogens is 4. The van der Waals surface area contributed by atoms with E-state index in [1.807, 2.05) is 0 Å². The Morgan fingerprint density at radius 3 is 3.00 bits per heavy atom. The average molecular weight is 188 g/mol. The summed E-state index contributed by atoms with van der Waals surface area (Å²) in [7, 11) is 0. The summed E-state index contributed by atoms with van der Waals surface area (Å²) in [6.45, 7) is 2.08. The lowest BCUT2D eigenvalue weighted by molar-refractivity contribution is -0.144. The predicted octanol–water partition coefficient (Wildman–Crippen LogP) is -0.475. The van der Waals surface area contributed by atoms with E-state index >= 15 is 0 Å². The number of thiol groups is 1. The molecule has 12 heavy (non-hydrogen) atoms. The highest BCUT2D eigenvalue weighted by Gasteiger charge is 2.07. The van der Waals surface area contributed by atoms with Crippen LogP contribution in [0.15, 0.2) is 5.16 Å². The number of carbonyl (C=O) groups is 1. The van der Waals surface area contributed by atoms with Gasteiger partial charge in [-0.05, 0) is 17.4 Å². The molecule has 0 atom stereocenters. The highest BCUT2D eigenvalue weighted by molar-refractivity contribution is 7.80. The van der Waals surface area contributed by atoms with Gasteiger partial charge in [-0.3, -0.25) is 4.79 Å². The molecule has 0 fully saturated rings. The normalized spacial score (nSPS) is 9.83. The Morgan fingerprint density at radius 2 is 2.50 bits per heavy atom. The fourth-order valence-electron chi connectivity index (χ4n) is 0.631. The third-order valence-electron chi connectivity index (χ3n) is 1.10. The zero-order valence-electron chi connectivity index (χ0n) is 6.47. The average Bonchev–Trinajstić information content (AvgIpc) is 2.37. The van der Waals surface area contributed by atoms with Crippen molar-refractivity contribution in [2.24, 2.45) is 0 Å².